The van der Waals surface area contributed by atoms with E-state index in [0.717, 1.165) is 5.56 Å². The molecule has 0 unspecified atom stereocenters. The zero-order valence-corrected chi connectivity index (χ0v) is 19.5. The number of benzene rings is 2. The molecular weight excluding hydrogens is 426 g/mol. The predicted molar refractivity (Wildman–Crippen MR) is 123 cm³/mol. The van der Waals surface area contributed by atoms with E-state index in [0.29, 0.717) is 41.4 Å². The molecule has 0 bridgehead atoms. The topological polar surface area (TPSA) is 94.5 Å². The number of ether oxygens (including phenoxy) is 4. The van der Waals surface area contributed by atoms with Gasteiger partial charge in [0.2, 0.25) is 0 Å². The van der Waals surface area contributed by atoms with Crippen molar-refractivity contribution < 1.29 is 33.6 Å². The number of methoxy groups -OCH3 is 4. The quantitative estimate of drug-likeness (QED) is 0.268. The van der Waals surface area contributed by atoms with Crippen molar-refractivity contribution >= 4 is 17.4 Å². The molecule has 1 fully saturated rings. The number of aryl methyl sites for hydroxylation is 1. The van der Waals surface area contributed by atoms with E-state index < -0.39 is 17.7 Å². The molecule has 1 N–H and O–H groups in total. The highest BCUT2D eigenvalue weighted by molar-refractivity contribution is 6.46. The summed E-state index contributed by atoms with van der Waals surface area (Å²) in [5, 5.41) is 11.3. The molecule has 1 heterocycles. The second-order valence-electron chi connectivity index (χ2n) is 7.61. The van der Waals surface area contributed by atoms with E-state index >= 15 is 0 Å². The number of hydrogen-bond acceptors (Lipinski definition) is 7. The SMILES string of the molecule is COCCCN1C(=O)C(=O)/C(=C(/O)c2ccc(OC)c(C)c2)[C@@H]1c1cccc(OC)c1OC. The van der Waals surface area contributed by atoms with Crippen LogP contribution in [0.5, 0.6) is 17.2 Å². The van der Waals surface area contributed by atoms with Crippen LogP contribution in [0.15, 0.2) is 42.0 Å². The lowest BCUT2D eigenvalue weighted by Crippen LogP contribution is -2.31. The van der Waals surface area contributed by atoms with Crippen molar-refractivity contribution in [3.05, 3.63) is 58.7 Å². The van der Waals surface area contributed by atoms with E-state index in [1.165, 1.54) is 19.1 Å². The number of hydrogen-bond donors (Lipinski definition) is 1. The van der Waals surface area contributed by atoms with Gasteiger partial charge in [-0.3, -0.25) is 9.59 Å². The maximum Gasteiger partial charge on any atom is 0.295 e. The van der Waals surface area contributed by atoms with Crippen molar-refractivity contribution in [1.29, 1.82) is 0 Å². The molecule has 8 nitrogen and oxygen atoms in total. The second-order valence-corrected chi connectivity index (χ2v) is 7.61. The number of para-hydroxylation sites is 1. The maximum absolute atomic E-state index is 13.2. The average Bonchev–Trinajstić information content (AvgIpc) is 3.07. The molecule has 2 aromatic rings. The monoisotopic (exact) mass is 455 g/mol. The van der Waals surface area contributed by atoms with Crippen LogP contribution in [0.1, 0.15) is 29.2 Å². The average molecular weight is 456 g/mol. The summed E-state index contributed by atoms with van der Waals surface area (Å²) in [4.78, 5) is 27.7. The van der Waals surface area contributed by atoms with Gasteiger partial charge in [-0.05, 0) is 43.2 Å². The van der Waals surface area contributed by atoms with Crippen LogP contribution in [0.25, 0.3) is 5.76 Å². The first-order valence-corrected chi connectivity index (χ1v) is 10.5. The predicted octanol–water partition coefficient (Wildman–Crippen LogP) is 3.48. The Labute approximate surface area is 193 Å². The summed E-state index contributed by atoms with van der Waals surface area (Å²) >= 11 is 0. The molecule has 1 amide bonds. The van der Waals surface area contributed by atoms with Crippen molar-refractivity contribution in [1.82, 2.24) is 4.90 Å². The van der Waals surface area contributed by atoms with Crippen LogP contribution in [-0.2, 0) is 14.3 Å². The number of aliphatic hydroxyl groups excluding tert-OH is 1. The minimum atomic E-state index is -0.852. The van der Waals surface area contributed by atoms with E-state index in [1.54, 1.807) is 50.6 Å². The first-order valence-electron chi connectivity index (χ1n) is 10.5. The second kappa shape index (κ2) is 10.4. The highest BCUT2D eigenvalue weighted by Gasteiger charge is 2.47. The third-order valence-corrected chi connectivity index (χ3v) is 5.68. The summed E-state index contributed by atoms with van der Waals surface area (Å²) in [5.74, 6) is -0.208. The number of likely N-dealkylation sites (tertiary alicyclic amines) is 1. The van der Waals surface area contributed by atoms with Crippen LogP contribution in [0.3, 0.4) is 0 Å². The van der Waals surface area contributed by atoms with Gasteiger partial charge in [0.05, 0.1) is 32.9 Å². The standard InChI is InChI=1S/C25H29NO7/c1-15-14-16(10-11-18(15)31-3)22(27)20-21(17-8-6-9-19(32-4)24(17)33-5)26(12-7-13-30-2)25(29)23(20)28/h6,8-11,14,21,27H,7,12-13H2,1-5H3/b22-20+/t21-/m0/s1. The number of carbonyl (C=O) groups excluding carboxylic acids is 2. The fourth-order valence-corrected chi connectivity index (χ4v) is 4.12. The van der Waals surface area contributed by atoms with E-state index in [2.05, 4.69) is 0 Å². The number of Topliss-reactive ketones (excluding diaryl/α,β-unsaturated/α-hetero) is 1. The molecule has 3 rings (SSSR count). The van der Waals surface area contributed by atoms with Crippen LogP contribution in [0.2, 0.25) is 0 Å². The van der Waals surface area contributed by atoms with E-state index in [-0.39, 0.29) is 17.9 Å². The van der Waals surface area contributed by atoms with Crippen molar-refractivity contribution in [3.8, 4) is 17.2 Å². The van der Waals surface area contributed by atoms with Gasteiger partial charge in [0.25, 0.3) is 11.7 Å². The molecule has 176 valence electrons. The van der Waals surface area contributed by atoms with Gasteiger partial charge in [0.1, 0.15) is 11.5 Å². The molecule has 0 spiro atoms. The molecule has 1 aliphatic heterocycles. The van der Waals surface area contributed by atoms with Gasteiger partial charge in [0.15, 0.2) is 11.5 Å². The summed E-state index contributed by atoms with van der Waals surface area (Å²) in [7, 11) is 6.13. The van der Waals surface area contributed by atoms with Crippen LogP contribution in [-0.4, -0.2) is 63.3 Å². The molecule has 0 radical (unpaired) electrons. The van der Waals surface area contributed by atoms with Gasteiger partial charge in [-0.25, -0.2) is 0 Å². The number of carbonyl (C=O) groups is 2. The molecule has 2 aromatic carbocycles. The van der Waals surface area contributed by atoms with Crippen LogP contribution < -0.4 is 14.2 Å². The highest BCUT2D eigenvalue weighted by Crippen LogP contribution is 2.45. The van der Waals surface area contributed by atoms with Gasteiger partial charge in [-0.15, -0.1) is 0 Å². The number of nitrogens with zero attached hydrogens (tertiary/aromatic N) is 1. The molecule has 0 saturated carbocycles. The Hall–Kier alpha value is -3.52. The van der Waals surface area contributed by atoms with Gasteiger partial charge in [-0.1, -0.05) is 12.1 Å². The fourth-order valence-electron chi connectivity index (χ4n) is 4.12. The molecule has 1 saturated heterocycles. The first kappa shape index (κ1) is 24.1. The largest absolute Gasteiger partial charge is 0.507 e. The number of ketones is 1. The smallest absolute Gasteiger partial charge is 0.295 e. The Balaban J connectivity index is 2.22. The summed E-state index contributed by atoms with van der Waals surface area (Å²) in [6, 6.07) is 9.46. The van der Waals surface area contributed by atoms with Crippen molar-refractivity contribution in [2.45, 2.75) is 19.4 Å². The summed E-state index contributed by atoms with van der Waals surface area (Å²) in [6.07, 6.45) is 0.522. The van der Waals surface area contributed by atoms with Gasteiger partial charge < -0.3 is 29.0 Å². The zero-order valence-electron chi connectivity index (χ0n) is 19.5. The minimum absolute atomic E-state index is 0.00598. The molecule has 0 aromatic heterocycles. The summed E-state index contributed by atoms with van der Waals surface area (Å²) in [5.41, 5.74) is 1.73. The molecule has 1 aliphatic rings. The molecule has 1 atom stereocenters. The third-order valence-electron chi connectivity index (χ3n) is 5.68. The lowest BCUT2D eigenvalue weighted by Gasteiger charge is -2.27. The molecule has 8 heteroatoms. The van der Waals surface area contributed by atoms with Gasteiger partial charge >= 0.3 is 0 Å². The lowest BCUT2D eigenvalue weighted by molar-refractivity contribution is -0.140. The van der Waals surface area contributed by atoms with Crippen molar-refractivity contribution in [2.75, 3.05) is 41.6 Å². The maximum atomic E-state index is 13.2. The fraction of sp³-hybridized carbons (Fsp3) is 0.360. The van der Waals surface area contributed by atoms with Crippen LogP contribution in [0.4, 0.5) is 0 Å². The molecule has 33 heavy (non-hydrogen) atoms. The molecular formula is C25H29NO7. The van der Waals surface area contributed by atoms with Crippen LogP contribution in [0, 0.1) is 6.92 Å². The van der Waals surface area contributed by atoms with Crippen molar-refractivity contribution in [3.63, 3.8) is 0 Å². The summed E-state index contributed by atoms with van der Waals surface area (Å²) in [6.45, 7) is 2.52. The number of rotatable bonds is 9. The Morgan fingerprint density at radius 2 is 1.73 bits per heavy atom. The third kappa shape index (κ3) is 4.52. The van der Waals surface area contributed by atoms with E-state index in [4.69, 9.17) is 18.9 Å². The van der Waals surface area contributed by atoms with Gasteiger partial charge in [-0.2, -0.15) is 0 Å². The number of aliphatic hydroxyl groups is 1. The molecule has 0 aliphatic carbocycles. The lowest BCUT2D eigenvalue weighted by atomic mass is 9.94. The Morgan fingerprint density at radius 3 is 2.33 bits per heavy atom. The zero-order chi connectivity index (χ0) is 24.1. The Kier molecular flexibility index (Phi) is 7.60. The Morgan fingerprint density at radius 1 is 1.00 bits per heavy atom. The van der Waals surface area contributed by atoms with Crippen molar-refractivity contribution in [2.24, 2.45) is 0 Å². The van der Waals surface area contributed by atoms with Gasteiger partial charge in [0, 0.05) is 31.4 Å². The first-order chi connectivity index (χ1) is 15.9. The highest BCUT2D eigenvalue weighted by atomic mass is 16.5. The Bertz CT molecular complexity index is 1080. The minimum Gasteiger partial charge on any atom is -0.507 e. The van der Waals surface area contributed by atoms with E-state index in [1.807, 2.05) is 6.92 Å². The van der Waals surface area contributed by atoms with E-state index in [9.17, 15) is 14.7 Å². The normalized spacial score (nSPS) is 17.4. The number of amides is 1. The summed E-state index contributed by atoms with van der Waals surface area (Å²) < 4.78 is 21.4. The van der Waals surface area contributed by atoms with Crippen LogP contribution >= 0.6 is 0 Å².